The van der Waals surface area contributed by atoms with Crippen LogP contribution in [0.5, 0.6) is 0 Å². The summed E-state index contributed by atoms with van der Waals surface area (Å²) in [5.41, 5.74) is 1.03. The summed E-state index contributed by atoms with van der Waals surface area (Å²) in [6, 6.07) is 2.06. The van der Waals surface area contributed by atoms with Crippen molar-refractivity contribution in [2.75, 3.05) is 18.0 Å². The molecule has 1 aromatic rings. The Kier molecular flexibility index (Phi) is 4.27. The molecule has 0 radical (unpaired) electrons. The van der Waals surface area contributed by atoms with Gasteiger partial charge < -0.3 is 14.2 Å². The number of hydrogen-bond donors (Lipinski definition) is 0. The predicted molar refractivity (Wildman–Crippen MR) is 72.0 cm³/mol. The number of rotatable bonds is 4. The van der Waals surface area contributed by atoms with Gasteiger partial charge in [0.1, 0.15) is 0 Å². The molecule has 0 spiro atoms. The van der Waals surface area contributed by atoms with Gasteiger partial charge in [-0.2, -0.15) is 0 Å². The van der Waals surface area contributed by atoms with Gasteiger partial charge in [-0.05, 0) is 32.6 Å². The average molecular weight is 252 g/mol. The fourth-order valence-corrected chi connectivity index (χ4v) is 2.30. The molecule has 2 rings (SSSR count). The Morgan fingerprint density at radius 1 is 1.28 bits per heavy atom. The molecule has 0 aromatic carbocycles. The minimum Gasteiger partial charge on any atom is -0.375 e. The molecule has 102 valence electrons. The first kappa shape index (κ1) is 13.4. The maximum Gasteiger partial charge on any atom is 0.227 e. The number of hydrogen-bond acceptors (Lipinski definition) is 4. The van der Waals surface area contributed by atoms with Gasteiger partial charge in [0.05, 0.1) is 17.9 Å². The molecule has 1 aliphatic heterocycles. The lowest BCUT2D eigenvalue weighted by Crippen LogP contribution is -2.37. The standard InChI is InChI=1S/C14H24N2O2/c1-10(2)13-9-14(18-15-13)16-7-5-12(6-8-16)17-11(3)4/h9-12H,5-8H2,1-4H3. The van der Waals surface area contributed by atoms with Crippen molar-refractivity contribution >= 4 is 5.88 Å². The van der Waals surface area contributed by atoms with Crippen LogP contribution in [0, 0.1) is 0 Å². The molecule has 0 aliphatic carbocycles. The van der Waals surface area contributed by atoms with E-state index >= 15 is 0 Å². The van der Waals surface area contributed by atoms with Gasteiger partial charge in [0.2, 0.25) is 5.88 Å². The van der Waals surface area contributed by atoms with Crippen LogP contribution >= 0.6 is 0 Å². The van der Waals surface area contributed by atoms with E-state index in [4.69, 9.17) is 9.26 Å². The van der Waals surface area contributed by atoms with E-state index in [1.165, 1.54) is 0 Å². The quantitative estimate of drug-likeness (QED) is 0.825. The van der Waals surface area contributed by atoms with Crippen LogP contribution < -0.4 is 4.90 Å². The topological polar surface area (TPSA) is 38.5 Å². The lowest BCUT2D eigenvalue weighted by atomic mass is 10.1. The summed E-state index contributed by atoms with van der Waals surface area (Å²) in [5, 5.41) is 4.11. The average Bonchev–Trinajstić information content (AvgIpc) is 2.78. The second kappa shape index (κ2) is 5.74. The van der Waals surface area contributed by atoms with Gasteiger partial charge in [-0.15, -0.1) is 0 Å². The molecule has 2 heterocycles. The van der Waals surface area contributed by atoms with Crippen LogP contribution in [-0.4, -0.2) is 30.5 Å². The van der Waals surface area contributed by atoms with E-state index in [0.717, 1.165) is 37.5 Å². The zero-order chi connectivity index (χ0) is 13.1. The van der Waals surface area contributed by atoms with Crippen LogP contribution in [-0.2, 0) is 4.74 Å². The molecule has 0 unspecified atom stereocenters. The Hall–Kier alpha value is -1.03. The number of anilines is 1. The Morgan fingerprint density at radius 3 is 2.44 bits per heavy atom. The Morgan fingerprint density at radius 2 is 1.94 bits per heavy atom. The first-order chi connectivity index (χ1) is 8.56. The molecule has 0 N–H and O–H groups in total. The number of ether oxygens (including phenoxy) is 1. The third-order valence-corrected chi connectivity index (χ3v) is 3.33. The summed E-state index contributed by atoms with van der Waals surface area (Å²) in [4.78, 5) is 2.26. The molecule has 1 aromatic heterocycles. The number of nitrogens with zero attached hydrogens (tertiary/aromatic N) is 2. The van der Waals surface area contributed by atoms with Gasteiger partial charge in [0, 0.05) is 19.2 Å². The third-order valence-electron chi connectivity index (χ3n) is 3.33. The molecular formula is C14H24N2O2. The van der Waals surface area contributed by atoms with Crippen molar-refractivity contribution in [3.8, 4) is 0 Å². The van der Waals surface area contributed by atoms with Crippen molar-refractivity contribution < 1.29 is 9.26 Å². The normalized spacial score (nSPS) is 18.0. The highest BCUT2D eigenvalue weighted by Crippen LogP contribution is 2.25. The molecule has 0 amide bonds. The van der Waals surface area contributed by atoms with Crippen LogP contribution in [0.2, 0.25) is 0 Å². The first-order valence-electron chi connectivity index (χ1n) is 6.93. The van der Waals surface area contributed by atoms with Crippen LogP contribution in [0.15, 0.2) is 10.6 Å². The van der Waals surface area contributed by atoms with Gasteiger partial charge >= 0.3 is 0 Å². The molecule has 4 nitrogen and oxygen atoms in total. The van der Waals surface area contributed by atoms with E-state index < -0.39 is 0 Å². The van der Waals surface area contributed by atoms with E-state index in [1.807, 2.05) is 0 Å². The van der Waals surface area contributed by atoms with Crippen LogP contribution in [0.3, 0.4) is 0 Å². The van der Waals surface area contributed by atoms with Crippen LogP contribution in [0.1, 0.15) is 52.1 Å². The van der Waals surface area contributed by atoms with Crippen molar-refractivity contribution in [1.29, 1.82) is 0 Å². The highest BCUT2D eigenvalue weighted by molar-refractivity contribution is 5.37. The van der Waals surface area contributed by atoms with Crippen LogP contribution in [0.25, 0.3) is 0 Å². The summed E-state index contributed by atoms with van der Waals surface area (Å²) in [6.45, 7) is 10.4. The summed E-state index contributed by atoms with van der Waals surface area (Å²) >= 11 is 0. The summed E-state index contributed by atoms with van der Waals surface area (Å²) in [6.07, 6.45) is 2.85. The number of aromatic nitrogens is 1. The second-order valence-electron chi connectivity index (χ2n) is 5.62. The Bertz CT molecular complexity index is 366. The molecule has 0 saturated carbocycles. The fourth-order valence-electron chi connectivity index (χ4n) is 2.30. The molecule has 1 saturated heterocycles. The summed E-state index contributed by atoms with van der Waals surface area (Å²) in [7, 11) is 0. The highest BCUT2D eigenvalue weighted by Gasteiger charge is 2.23. The van der Waals surface area contributed by atoms with Gasteiger partial charge in [0.25, 0.3) is 0 Å². The van der Waals surface area contributed by atoms with E-state index in [0.29, 0.717) is 18.1 Å². The highest BCUT2D eigenvalue weighted by atomic mass is 16.5. The Balaban J connectivity index is 1.88. The molecule has 1 fully saturated rings. The van der Waals surface area contributed by atoms with Gasteiger partial charge in [-0.1, -0.05) is 19.0 Å². The van der Waals surface area contributed by atoms with E-state index in [2.05, 4.69) is 43.8 Å². The van der Waals surface area contributed by atoms with E-state index in [1.54, 1.807) is 0 Å². The fraction of sp³-hybridized carbons (Fsp3) is 0.786. The lowest BCUT2D eigenvalue weighted by Gasteiger charge is -2.32. The second-order valence-corrected chi connectivity index (χ2v) is 5.62. The van der Waals surface area contributed by atoms with Gasteiger partial charge in [-0.3, -0.25) is 0 Å². The zero-order valence-electron chi connectivity index (χ0n) is 11.8. The van der Waals surface area contributed by atoms with Crippen molar-refractivity contribution in [3.63, 3.8) is 0 Å². The third kappa shape index (κ3) is 3.25. The van der Waals surface area contributed by atoms with E-state index in [-0.39, 0.29) is 0 Å². The molecular weight excluding hydrogens is 228 g/mol. The van der Waals surface area contributed by atoms with E-state index in [9.17, 15) is 0 Å². The summed E-state index contributed by atoms with van der Waals surface area (Å²) in [5.74, 6) is 1.33. The van der Waals surface area contributed by atoms with Crippen molar-refractivity contribution in [1.82, 2.24) is 5.16 Å². The Labute approximate surface area is 109 Å². The zero-order valence-corrected chi connectivity index (χ0v) is 11.8. The maximum atomic E-state index is 5.85. The lowest BCUT2D eigenvalue weighted by molar-refractivity contribution is -0.00517. The first-order valence-corrected chi connectivity index (χ1v) is 6.93. The molecule has 0 bridgehead atoms. The van der Waals surface area contributed by atoms with Crippen molar-refractivity contribution in [2.45, 2.75) is 58.7 Å². The minimum absolute atomic E-state index is 0.319. The molecule has 18 heavy (non-hydrogen) atoms. The predicted octanol–water partition coefficient (Wildman–Crippen LogP) is 3.19. The molecule has 0 atom stereocenters. The molecule has 4 heteroatoms. The van der Waals surface area contributed by atoms with Gasteiger partial charge in [0.15, 0.2) is 0 Å². The van der Waals surface area contributed by atoms with Crippen LogP contribution in [0.4, 0.5) is 5.88 Å². The van der Waals surface area contributed by atoms with Crippen molar-refractivity contribution in [2.24, 2.45) is 0 Å². The molecule has 1 aliphatic rings. The maximum absolute atomic E-state index is 5.85. The number of piperidine rings is 1. The smallest absolute Gasteiger partial charge is 0.227 e. The largest absolute Gasteiger partial charge is 0.375 e. The minimum atomic E-state index is 0.319. The van der Waals surface area contributed by atoms with Crippen molar-refractivity contribution in [3.05, 3.63) is 11.8 Å². The monoisotopic (exact) mass is 252 g/mol. The van der Waals surface area contributed by atoms with Gasteiger partial charge in [-0.25, -0.2) is 0 Å². The SMILES string of the molecule is CC(C)OC1CCN(c2cc(C(C)C)no2)CC1. The summed E-state index contributed by atoms with van der Waals surface area (Å²) < 4.78 is 11.3.